The number of nitro benzene ring substituents is 3. The van der Waals surface area contributed by atoms with Gasteiger partial charge in [-0.05, 0) is 192 Å². The van der Waals surface area contributed by atoms with E-state index in [1.54, 1.807) is 34.6 Å². The summed E-state index contributed by atoms with van der Waals surface area (Å²) in [6.07, 6.45) is 20.4. The molecule has 39 heteroatoms. The van der Waals surface area contributed by atoms with Gasteiger partial charge in [-0.1, -0.05) is 6.58 Å². The average molecular weight is 1750 g/mol. The number of rotatable bonds is 19. The lowest BCUT2D eigenvalue weighted by Gasteiger charge is -2.22. The number of nitrogens with one attached hydrogen (secondary N) is 1. The third kappa shape index (κ3) is 24.6. The molecule has 6 aliphatic rings. The van der Waals surface area contributed by atoms with Crippen LogP contribution in [-0.2, 0) is 43.0 Å². The van der Waals surface area contributed by atoms with E-state index in [4.69, 9.17) is 28.4 Å². The van der Waals surface area contributed by atoms with Gasteiger partial charge in [0.1, 0.15) is 22.6 Å². The fourth-order valence-corrected chi connectivity index (χ4v) is 11.7. The molecular weight excluding hydrogens is 1670 g/mol. The molecular formula is C69H76Br3F11N12O12S. The number of nitrogen functional groups attached to an aromatic ring is 1. The molecule has 2 aromatic heterocycles. The number of primary amides is 1. The zero-order chi connectivity index (χ0) is 79.6. The molecule has 7 N–H and O–H groups in total. The predicted octanol–water partition coefficient (Wildman–Crippen LogP) is 15.5. The van der Waals surface area contributed by atoms with Crippen molar-refractivity contribution < 1.29 is 91.6 Å². The molecule has 1 saturated heterocycles. The van der Waals surface area contributed by atoms with Gasteiger partial charge in [-0.3, -0.25) is 39.9 Å². The fourth-order valence-electron chi connectivity index (χ4n) is 10.5. The van der Waals surface area contributed by atoms with E-state index in [0.29, 0.717) is 78.7 Å². The lowest BCUT2D eigenvalue weighted by Crippen LogP contribution is -2.37. The number of terminal acetylenes is 1. The summed E-state index contributed by atoms with van der Waals surface area (Å²) in [4.78, 5) is 58.4. The number of carbonyl (C=O) groups excluding carboxylic acids is 2. The Balaban J connectivity index is 0.000000228. The van der Waals surface area contributed by atoms with Gasteiger partial charge in [0.25, 0.3) is 23.8 Å². The summed E-state index contributed by atoms with van der Waals surface area (Å²) in [6.45, 7) is 3.83. The maximum absolute atomic E-state index is 13.7. The van der Waals surface area contributed by atoms with Crippen LogP contribution < -0.4 is 22.5 Å². The van der Waals surface area contributed by atoms with Crippen LogP contribution in [0.15, 0.2) is 74.9 Å². The lowest BCUT2D eigenvalue weighted by molar-refractivity contribution is -0.387. The van der Waals surface area contributed by atoms with E-state index in [9.17, 15) is 88.2 Å². The maximum Gasteiger partial charge on any atom is 0.308 e. The molecule has 5 aromatic carbocycles. The number of likely N-dealkylation sites (tertiary alicyclic amines) is 1. The maximum atomic E-state index is 13.7. The van der Waals surface area contributed by atoms with Gasteiger partial charge in [0.05, 0.1) is 69.8 Å². The molecule has 2 amide bonds. The van der Waals surface area contributed by atoms with Crippen molar-refractivity contribution in [2.24, 2.45) is 29.2 Å². The number of imidazole rings is 1. The number of amides is 2. The Morgan fingerprint density at radius 2 is 1.13 bits per heavy atom. The van der Waals surface area contributed by atoms with Gasteiger partial charge < -0.3 is 50.9 Å². The zero-order valence-corrected chi connectivity index (χ0v) is 64.2. The van der Waals surface area contributed by atoms with E-state index in [1.807, 2.05) is 0 Å². The molecule has 0 bridgehead atoms. The highest BCUT2D eigenvalue weighted by atomic mass is 79.9. The number of aromatic nitrogens is 4. The van der Waals surface area contributed by atoms with Crippen LogP contribution in [0.25, 0.3) is 11.0 Å². The van der Waals surface area contributed by atoms with E-state index in [2.05, 4.69) is 89.9 Å². The van der Waals surface area contributed by atoms with Gasteiger partial charge >= 0.3 is 5.69 Å². The average Bonchev–Trinajstić information content (AvgIpc) is 1.62. The van der Waals surface area contributed by atoms with Gasteiger partial charge in [0, 0.05) is 83.6 Å². The number of ether oxygens (including phenoxy) is 4. The van der Waals surface area contributed by atoms with Crippen molar-refractivity contribution in [3.8, 4) is 12.3 Å². The van der Waals surface area contributed by atoms with Crippen molar-refractivity contribution in [3.05, 3.63) is 197 Å². The number of methoxy groups -OCH3 is 4. The van der Waals surface area contributed by atoms with Gasteiger partial charge in [-0.2, -0.15) is 23.0 Å². The number of fused-ring (bicyclic) bond motifs is 1. The number of hydrogen-bond donors (Lipinski definition) is 4. The van der Waals surface area contributed by atoms with Crippen molar-refractivity contribution in [1.29, 1.82) is 0 Å². The fraction of sp³-hybridized carbons (Fsp3) is 0.420. The first-order valence-electron chi connectivity index (χ1n) is 32.6. The first kappa shape index (κ1) is 90.3. The van der Waals surface area contributed by atoms with Crippen molar-refractivity contribution in [1.82, 2.24) is 24.2 Å². The molecule has 3 heterocycles. The number of nitrogens with two attached hydrogens (primary N) is 3. The summed E-state index contributed by atoms with van der Waals surface area (Å²) >= 11 is 8.64. The summed E-state index contributed by atoms with van der Waals surface area (Å²) in [5.41, 5.74) is 16.1. The first-order valence-corrected chi connectivity index (χ1v) is 35.0. The summed E-state index contributed by atoms with van der Waals surface area (Å²) in [7, 11) is 7.78. The Morgan fingerprint density at radius 1 is 0.667 bits per heavy atom. The standard InChI is InChI=1S/C16H21N5O3.C10H7BrF2N2.C10H8BrF2NO2.C10H10BrF2N.C10H9F2NO2.C6H2F3NO2.C4H10O3.C3H7N.H2S/c1-5-12-14(15(17)23)16(18-3)21(19-12)10-7-11(9-24-4)20(8-10)13(22)6-2;11-6-3-7-10(9(13)8(6)12)15(4-14-7)5-1-2-5;11-7-4-8(14(15)16)6(3-5-1-2-5)9(12)10(7)13;11-7-4-8(14)6(3-5-1-2-5)9(12)10(7)13;11-8-3-4-9(13(14)15)7(10(8)12)5-6-1-2-6;7-3-1-2-4(10(11)12)6(9)5(3)8;1-5-4(6-2)7-3;4-3-1-2-3;/h1,6,10-11,18H,2,7-9H2,3-4H3,(H2,17,23);3-5H,1-2H2;4-5H,1-3H2;4-5H,1-3,14H2;3-4,6H,1-2,5H2;1-2H;4H,1-3H3;3H,1-2,4H2;1H2/t10-,11+;;;;;;;;/m0......../s1. The minimum absolute atomic E-state index is 0. The van der Waals surface area contributed by atoms with Gasteiger partial charge in [-0.25, -0.2) is 53.6 Å². The molecule has 0 spiro atoms. The summed E-state index contributed by atoms with van der Waals surface area (Å²) in [5, 5.41) is 38.6. The van der Waals surface area contributed by atoms with Crippen LogP contribution in [0.5, 0.6) is 0 Å². The molecule has 24 nitrogen and oxygen atoms in total. The van der Waals surface area contributed by atoms with Gasteiger partial charge in [-0.15, -0.1) is 6.42 Å². The van der Waals surface area contributed by atoms with E-state index in [-0.39, 0.29) is 109 Å². The minimum Gasteiger partial charge on any atom is -0.398 e. The van der Waals surface area contributed by atoms with Crippen molar-refractivity contribution in [3.63, 3.8) is 0 Å². The molecule has 2 atom stereocenters. The largest absolute Gasteiger partial charge is 0.398 e. The molecule has 108 heavy (non-hydrogen) atoms. The number of nitrogens with zero attached hydrogens (tertiary/aromatic N) is 8. The van der Waals surface area contributed by atoms with Crippen molar-refractivity contribution >= 4 is 113 Å². The second-order valence-electron chi connectivity index (χ2n) is 24.8. The lowest BCUT2D eigenvalue weighted by atomic mass is 10.1. The Hall–Kier alpha value is -8.36. The van der Waals surface area contributed by atoms with E-state index >= 15 is 0 Å². The predicted molar refractivity (Wildman–Crippen MR) is 392 cm³/mol. The quantitative estimate of drug-likeness (QED) is 0.00854. The number of benzene rings is 5. The number of nitro groups is 3. The van der Waals surface area contributed by atoms with Crippen LogP contribution in [0, 0.1) is 124 Å². The third-order valence-electron chi connectivity index (χ3n) is 16.8. The normalized spacial score (nSPS) is 15.8. The zero-order valence-electron chi connectivity index (χ0n) is 58.4. The molecule has 1 aliphatic heterocycles. The highest BCUT2D eigenvalue weighted by molar-refractivity contribution is 9.11. The van der Waals surface area contributed by atoms with Crippen molar-refractivity contribution in [2.45, 2.75) is 121 Å². The smallest absolute Gasteiger partial charge is 0.308 e. The molecule has 0 radical (unpaired) electrons. The molecule has 588 valence electrons. The Morgan fingerprint density at radius 3 is 1.56 bits per heavy atom. The SMILES string of the molecule is C#Cc1nn([C@H]2C[C@H](COC)N(C(=O)C=C)C2)c(NC)c1C(N)=O.COC(OC)OC.Fc1c(Br)cc2ncn(C3CC3)c2c1F.NC1CC1.Nc1cc(Br)c(F)c(F)c1CC1CC1.O=[N+]([O-])c1cc(Br)c(F)c(F)c1CC1CC1.O=[N+]([O-])c1ccc(F)c(F)c1CC1CC1.O=[N+]([O-])c1ccc(F)c(F)c1F.S. The van der Waals surface area contributed by atoms with E-state index in [1.165, 1.54) is 52.4 Å². The number of anilines is 2. The monoisotopic (exact) mass is 1740 g/mol. The highest BCUT2D eigenvalue weighted by Crippen LogP contribution is 2.42. The second kappa shape index (κ2) is 41.4. The molecule has 6 fully saturated rings. The summed E-state index contributed by atoms with van der Waals surface area (Å²) < 4.78 is 166. The van der Waals surface area contributed by atoms with Crippen molar-refractivity contribution in [2.75, 3.05) is 59.7 Å². The number of carbonyl (C=O) groups is 2. The number of hydrogen-bond acceptors (Lipinski definition) is 17. The van der Waals surface area contributed by atoms with Crippen LogP contribution in [0.3, 0.4) is 0 Å². The van der Waals surface area contributed by atoms with Crippen LogP contribution in [0.4, 0.5) is 76.9 Å². The molecule has 13 rings (SSSR count). The van der Waals surface area contributed by atoms with Crippen LogP contribution in [0.1, 0.15) is 115 Å². The van der Waals surface area contributed by atoms with Crippen LogP contribution in [0.2, 0.25) is 0 Å². The molecule has 0 unspecified atom stereocenters. The van der Waals surface area contributed by atoms with E-state index in [0.717, 1.165) is 69.6 Å². The molecule has 5 aliphatic carbocycles. The summed E-state index contributed by atoms with van der Waals surface area (Å²) in [5.74, 6) is -9.57. The molecule has 7 aromatic rings. The Bertz CT molecular complexity index is 4420. The third-order valence-corrected chi connectivity index (χ3v) is 18.5. The topological polar surface area (TPSA) is 329 Å². The minimum atomic E-state index is -1.83. The van der Waals surface area contributed by atoms with Gasteiger partial charge in [0.15, 0.2) is 52.4 Å². The van der Waals surface area contributed by atoms with Gasteiger partial charge in [0.2, 0.25) is 17.5 Å². The summed E-state index contributed by atoms with van der Waals surface area (Å²) in [6, 6.07) is 7.45. The Kier molecular flexibility index (Phi) is 34.6. The Labute approximate surface area is 643 Å². The van der Waals surface area contributed by atoms with E-state index < -0.39 is 96.8 Å². The van der Waals surface area contributed by atoms with Crippen LogP contribution in [-0.4, -0.2) is 118 Å². The molecule has 5 saturated carbocycles. The number of halogens is 14. The highest BCUT2D eigenvalue weighted by Gasteiger charge is 2.39. The second-order valence-corrected chi connectivity index (χ2v) is 27.4. The first-order chi connectivity index (χ1) is 50.6. The van der Waals surface area contributed by atoms with Crippen LogP contribution >= 0.6 is 61.3 Å².